The van der Waals surface area contributed by atoms with Crippen LogP contribution < -0.4 is 10.5 Å². The molecular formula is C14H13F2NO. The molecule has 2 N–H and O–H groups in total. The van der Waals surface area contributed by atoms with E-state index in [1.807, 2.05) is 6.07 Å². The Kier molecular flexibility index (Phi) is 3.58. The van der Waals surface area contributed by atoms with Crippen LogP contribution in [-0.4, -0.2) is 0 Å². The number of ether oxygens (including phenoxy) is 1. The lowest BCUT2D eigenvalue weighted by atomic mass is 10.2. The normalized spacial score (nSPS) is 10.4. The fourth-order valence-corrected chi connectivity index (χ4v) is 1.61. The van der Waals surface area contributed by atoms with Gasteiger partial charge in [0.2, 0.25) is 0 Å². The standard InChI is InChI=1S/C14H13F2NO/c1-9-4-2-3-5-13(9)18-14-11(15)6-10(8-17)7-12(14)16/h2-7H,8,17H2,1H3. The zero-order chi connectivity index (χ0) is 13.1. The largest absolute Gasteiger partial charge is 0.451 e. The van der Waals surface area contributed by atoms with E-state index >= 15 is 0 Å². The van der Waals surface area contributed by atoms with Gasteiger partial charge in [-0.15, -0.1) is 0 Å². The highest BCUT2D eigenvalue weighted by molar-refractivity contribution is 5.39. The van der Waals surface area contributed by atoms with Gasteiger partial charge in [0.05, 0.1) is 0 Å². The molecular weight excluding hydrogens is 236 g/mol. The molecule has 0 saturated carbocycles. The van der Waals surface area contributed by atoms with E-state index in [1.165, 1.54) is 12.1 Å². The van der Waals surface area contributed by atoms with E-state index in [1.54, 1.807) is 25.1 Å². The molecule has 18 heavy (non-hydrogen) atoms. The van der Waals surface area contributed by atoms with Crippen molar-refractivity contribution in [3.63, 3.8) is 0 Å². The molecule has 0 saturated heterocycles. The van der Waals surface area contributed by atoms with Crippen molar-refractivity contribution in [2.24, 2.45) is 5.73 Å². The third kappa shape index (κ3) is 2.49. The van der Waals surface area contributed by atoms with Crippen LogP contribution in [0.25, 0.3) is 0 Å². The first-order valence-corrected chi connectivity index (χ1v) is 5.53. The predicted octanol–water partition coefficient (Wildman–Crippen LogP) is 3.52. The second kappa shape index (κ2) is 5.14. The zero-order valence-corrected chi connectivity index (χ0v) is 9.91. The lowest BCUT2D eigenvalue weighted by molar-refractivity contribution is 0.404. The Morgan fingerprint density at radius 3 is 2.28 bits per heavy atom. The van der Waals surface area contributed by atoms with E-state index in [0.717, 1.165) is 5.56 Å². The van der Waals surface area contributed by atoms with Crippen molar-refractivity contribution in [3.8, 4) is 11.5 Å². The Balaban J connectivity index is 2.38. The summed E-state index contributed by atoms with van der Waals surface area (Å²) in [6.07, 6.45) is 0. The molecule has 2 aromatic carbocycles. The lowest BCUT2D eigenvalue weighted by Crippen LogP contribution is -2.00. The summed E-state index contributed by atoms with van der Waals surface area (Å²) < 4.78 is 32.7. The lowest BCUT2D eigenvalue weighted by Gasteiger charge is -2.11. The Hall–Kier alpha value is -1.94. The molecule has 0 unspecified atom stereocenters. The SMILES string of the molecule is Cc1ccccc1Oc1c(F)cc(CN)cc1F. The fourth-order valence-electron chi connectivity index (χ4n) is 1.61. The molecule has 0 bridgehead atoms. The molecule has 0 aliphatic heterocycles. The van der Waals surface area contributed by atoms with Gasteiger partial charge < -0.3 is 10.5 Å². The summed E-state index contributed by atoms with van der Waals surface area (Å²) >= 11 is 0. The maximum Gasteiger partial charge on any atom is 0.198 e. The third-order valence-electron chi connectivity index (χ3n) is 2.60. The molecule has 0 aliphatic rings. The minimum Gasteiger partial charge on any atom is -0.451 e. The molecule has 2 aromatic rings. The van der Waals surface area contributed by atoms with Crippen LogP contribution in [0.2, 0.25) is 0 Å². The Bertz CT molecular complexity index is 546. The first-order valence-electron chi connectivity index (χ1n) is 5.53. The fraction of sp³-hybridized carbons (Fsp3) is 0.143. The molecule has 4 heteroatoms. The minimum absolute atomic E-state index is 0.0818. The van der Waals surface area contributed by atoms with Crippen LogP contribution in [0.3, 0.4) is 0 Å². The molecule has 0 radical (unpaired) electrons. The molecule has 2 rings (SSSR count). The van der Waals surface area contributed by atoms with Crippen LogP contribution >= 0.6 is 0 Å². The summed E-state index contributed by atoms with van der Waals surface area (Å²) in [6, 6.07) is 9.39. The second-order valence-electron chi connectivity index (χ2n) is 3.96. The maximum atomic E-state index is 13.7. The quantitative estimate of drug-likeness (QED) is 0.903. The molecule has 0 amide bonds. The van der Waals surface area contributed by atoms with Crippen LogP contribution in [0.5, 0.6) is 11.5 Å². The van der Waals surface area contributed by atoms with Crippen molar-refractivity contribution in [1.82, 2.24) is 0 Å². The smallest absolute Gasteiger partial charge is 0.198 e. The van der Waals surface area contributed by atoms with Crippen molar-refractivity contribution in [2.75, 3.05) is 0 Å². The van der Waals surface area contributed by atoms with Crippen molar-refractivity contribution < 1.29 is 13.5 Å². The first kappa shape index (κ1) is 12.5. The molecule has 0 aromatic heterocycles. The van der Waals surface area contributed by atoms with E-state index in [2.05, 4.69) is 0 Å². The van der Waals surface area contributed by atoms with Gasteiger partial charge in [-0.1, -0.05) is 18.2 Å². The third-order valence-corrected chi connectivity index (χ3v) is 2.60. The van der Waals surface area contributed by atoms with E-state index in [-0.39, 0.29) is 6.54 Å². The van der Waals surface area contributed by atoms with Crippen LogP contribution in [0.1, 0.15) is 11.1 Å². The summed E-state index contributed by atoms with van der Waals surface area (Å²) in [4.78, 5) is 0. The Morgan fingerprint density at radius 1 is 1.11 bits per heavy atom. The van der Waals surface area contributed by atoms with E-state index in [4.69, 9.17) is 10.5 Å². The van der Waals surface area contributed by atoms with Gasteiger partial charge in [0.1, 0.15) is 5.75 Å². The highest BCUT2D eigenvalue weighted by Gasteiger charge is 2.14. The van der Waals surface area contributed by atoms with Gasteiger partial charge in [-0.25, -0.2) is 8.78 Å². The highest BCUT2D eigenvalue weighted by Crippen LogP contribution is 2.30. The molecule has 0 spiro atoms. The van der Waals surface area contributed by atoms with E-state index in [0.29, 0.717) is 11.3 Å². The van der Waals surface area contributed by atoms with Crippen LogP contribution in [-0.2, 0) is 6.54 Å². The van der Waals surface area contributed by atoms with Crippen molar-refractivity contribution in [3.05, 3.63) is 59.2 Å². The maximum absolute atomic E-state index is 13.7. The number of halogens is 2. The topological polar surface area (TPSA) is 35.2 Å². The van der Waals surface area contributed by atoms with E-state index in [9.17, 15) is 8.78 Å². The monoisotopic (exact) mass is 249 g/mol. The average molecular weight is 249 g/mol. The first-order chi connectivity index (χ1) is 8.61. The average Bonchev–Trinajstić information content (AvgIpc) is 2.35. The van der Waals surface area contributed by atoms with Crippen LogP contribution in [0.4, 0.5) is 8.78 Å². The van der Waals surface area contributed by atoms with Gasteiger partial charge in [0, 0.05) is 6.54 Å². The number of hydrogen-bond acceptors (Lipinski definition) is 2. The molecule has 2 nitrogen and oxygen atoms in total. The highest BCUT2D eigenvalue weighted by atomic mass is 19.1. The van der Waals surface area contributed by atoms with Crippen molar-refractivity contribution in [1.29, 1.82) is 0 Å². The summed E-state index contributed by atoms with van der Waals surface area (Å²) in [5.41, 5.74) is 6.54. The van der Waals surface area contributed by atoms with Gasteiger partial charge in [-0.3, -0.25) is 0 Å². The molecule has 0 atom stereocenters. The van der Waals surface area contributed by atoms with Crippen molar-refractivity contribution >= 4 is 0 Å². The number of nitrogens with two attached hydrogens (primary N) is 1. The van der Waals surface area contributed by atoms with Gasteiger partial charge in [-0.05, 0) is 36.2 Å². The Labute approximate surface area is 104 Å². The Morgan fingerprint density at radius 2 is 1.72 bits per heavy atom. The second-order valence-corrected chi connectivity index (χ2v) is 3.96. The van der Waals surface area contributed by atoms with Gasteiger partial charge in [0.25, 0.3) is 0 Å². The van der Waals surface area contributed by atoms with Gasteiger partial charge in [0.15, 0.2) is 17.4 Å². The van der Waals surface area contributed by atoms with Gasteiger partial charge >= 0.3 is 0 Å². The van der Waals surface area contributed by atoms with Crippen LogP contribution in [0.15, 0.2) is 36.4 Å². The van der Waals surface area contributed by atoms with Crippen molar-refractivity contribution in [2.45, 2.75) is 13.5 Å². The summed E-state index contributed by atoms with van der Waals surface area (Å²) in [5, 5.41) is 0. The number of para-hydroxylation sites is 1. The predicted molar refractivity (Wildman–Crippen MR) is 65.5 cm³/mol. The number of benzene rings is 2. The summed E-state index contributed by atoms with van der Waals surface area (Å²) in [5.74, 6) is -1.48. The van der Waals surface area contributed by atoms with Gasteiger partial charge in [-0.2, -0.15) is 0 Å². The molecule has 0 heterocycles. The zero-order valence-electron chi connectivity index (χ0n) is 9.91. The van der Waals surface area contributed by atoms with E-state index < -0.39 is 17.4 Å². The summed E-state index contributed by atoms with van der Waals surface area (Å²) in [6.45, 7) is 1.89. The number of rotatable bonds is 3. The minimum atomic E-state index is -0.751. The number of aryl methyl sites for hydroxylation is 1. The molecule has 0 fully saturated rings. The molecule has 94 valence electrons. The number of hydrogen-bond donors (Lipinski definition) is 1. The van der Waals surface area contributed by atoms with Crippen LogP contribution in [0, 0.1) is 18.6 Å². The summed E-state index contributed by atoms with van der Waals surface area (Å²) in [7, 11) is 0. The molecule has 0 aliphatic carbocycles.